The third-order valence-corrected chi connectivity index (χ3v) is 3.88. The van der Waals surface area contributed by atoms with Gasteiger partial charge in [-0.05, 0) is 37.1 Å². The normalized spacial score (nSPS) is 12.5. The number of carbonyl (C=O) groups excluding carboxylic acids is 1. The number of aryl methyl sites for hydroxylation is 1. The molecule has 2 aromatic rings. The van der Waals surface area contributed by atoms with Crippen molar-refractivity contribution < 1.29 is 9.90 Å². The van der Waals surface area contributed by atoms with Crippen LogP contribution in [0.15, 0.2) is 30.5 Å². The van der Waals surface area contributed by atoms with E-state index in [4.69, 9.17) is 16.7 Å². The second-order valence-corrected chi connectivity index (χ2v) is 5.58. The van der Waals surface area contributed by atoms with Crippen LogP contribution in [0.5, 0.6) is 0 Å². The number of carbonyl (C=O) groups is 1. The Labute approximate surface area is 129 Å². The number of fused-ring (bicyclic) bond motifs is 1. The van der Waals surface area contributed by atoms with Crippen LogP contribution >= 0.6 is 11.6 Å². The van der Waals surface area contributed by atoms with E-state index in [-0.39, 0.29) is 18.6 Å². The highest BCUT2D eigenvalue weighted by Gasteiger charge is 2.10. The lowest BCUT2D eigenvalue weighted by Gasteiger charge is -2.15. The van der Waals surface area contributed by atoms with Gasteiger partial charge in [0.1, 0.15) is 0 Å². The summed E-state index contributed by atoms with van der Waals surface area (Å²) in [6, 6.07) is 7.80. The highest BCUT2D eigenvalue weighted by molar-refractivity contribution is 6.31. The van der Waals surface area contributed by atoms with E-state index < -0.39 is 0 Å². The van der Waals surface area contributed by atoms with Gasteiger partial charge in [0.05, 0.1) is 0 Å². The van der Waals surface area contributed by atoms with Crippen molar-refractivity contribution in [3.8, 4) is 0 Å². The van der Waals surface area contributed by atoms with E-state index in [2.05, 4.69) is 9.88 Å². The van der Waals surface area contributed by atoms with E-state index in [9.17, 15) is 4.79 Å². The van der Waals surface area contributed by atoms with Gasteiger partial charge >= 0.3 is 0 Å². The van der Waals surface area contributed by atoms with E-state index in [1.54, 1.807) is 0 Å². The Balaban J connectivity index is 1.93. The number of aliphatic hydroxyl groups excluding tert-OH is 1. The molecule has 1 heterocycles. The quantitative estimate of drug-likeness (QED) is 0.826. The maximum Gasteiger partial charge on any atom is 0.222 e. The number of halogens is 1. The van der Waals surface area contributed by atoms with Crippen molar-refractivity contribution in [2.24, 2.45) is 0 Å². The number of benzene rings is 1. The molecule has 114 valence electrons. The van der Waals surface area contributed by atoms with Gasteiger partial charge in [-0.25, -0.2) is 0 Å². The zero-order valence-corrected chi connectivity index (χ0v) is 12.9. The smallest absolute Gasteiger partial charge is 0.222 e. The summed E-state index contributed by atoms with van der Waals surface area (Å²) in [6.07, 6.45) is 3.83. The maximum atomic E-state index is 11.9. The lowest BCUT2D eigenvalue weighted by molar-refractivity contribution is -0.122. The van der Waals surface area contributed by atoms with Crippen LogP contribution in [0.3, 0.4) is 0 Å². The van der Waals surface area contributed by atoms with Crippen LogP contribution in [0.2, 0.25) is 5.02 Å². The van der Waals surface area contributed by atoms with E-state index in [1.165, 1.54) is 0 Å². The van der Waals surface area contributed by atoms with Gasteiger partial charge in [0.15, 0.2) is 0 Å². The summed E-state index contributed by atoms with van der Waals surface area (Å²) in [4.78, 5) is 11.9. The molecule has 0 aliphatic heterocycles. The Bertz CT molecular complexity index is 609. The van der Waals surface area contributed by atoms with E-state index in [0.717, 1.165) is 17.3 Å². The average molecular weight is 309 g/mol. The fourth-order valence-electron chi connectivity index (χ4n) is 2.42. The molecule has 0 radical (unpaired) electrons. The lowest BCUT2D eigenvalue weighted by atomic mass is 10.1. The first-order chi connectivity index (χ1) is 10.1. The van der Waals surface area contributed by atoms with Gasteiger partial charge in [0, 0.05) is 47.7 Å². The van der Waals surface area contributed by atoms with Crippen LogP contribution in [0.4, 0.5) is 0 Å². The van der Waals surface area contributed by atoms with Gasteiger partial charge in [0.25, 0.3) is 0 Å². The Hall–Kier alpha value is -1.52. The van der Waals surface area contributed by atoms with Gasteiger partial charge < -0.3 is 15.0 Å². The Morgan fingerprint density at radius 3 is 2.95 bits per heavy atom. The molecule has 1 atom stereocenters. The minimum Gasteiger partial charge on any atom is -0.396 e. The molecular weight excluding hydrogens is 288 g/mol. The maximum absolute atomic E-state index is 11.9. The summed E-state index contributed by atoms with van der Waals surface area (Å²) < 4.78 is 2.05. The minimum atomic E-state index is 0.0195. The molecule has 5 heteroatoms. The van der Waals surface area contributed by atoms with Crippen LogP contribution < -0.4 is 5.32 Å². The van der Waals surface area contributed by atoms with Crippen molar-refractivity contribution in [2.45, 2.75) is 38.8 Å². The van der Waals surface area contributed by atoms with Crippen molar-refractivity contribution in [3.63, 3.8) is 0 Å². The van der Waals surface area contributed by atoms with Gasteiger partial charge in [-0.15, -0.1) is 0 Å². The molecule has 21 heavy (non-hydrogen) atoms. The number of hydrogen-bond donors (Lipinski definition) is 2. The number of aromatic nitrogens is 1. The first kappa shape index (κ1) is 15.9. The molecule has 0 fully saturated rings. The zero-order chi connectivity index (χ0) is 15.2. The molecule has 0 bridgehead atoms. The molecule has 0 saturated heterocycles. The number of nitrogens with one attached hydrogen (secondary N) is 1. The number of amides is 1. The Morgan fingerprint density at radius 2 is 2.24 bits per heavy atom. The number of nitrogens with zero attached hydrogens (tertiary/aromatic N) is 1. The summed E-state index contributed by atoms with van der Waals surface area (Å²) in [7, 11) is 0. The summed E-state index contributed by atoms with van der Waals surface area (Å²) in [6.45, 7) is 2.73. The van der Waals surface area contributed by atoms with E-state index in [1.807, 2.05) is 37.4 Å². The zero-order valence-electron chi connectivity index (χ0n) is 12.2. The van der Waals surface area contributed by atoms with Crippen molar-refractivity contribution in [3.05, 3.63) is 35.5 Å². The molecule has 1 aromatic carbocycles. The second kappa shape index (κ2) is 7.48. The van der Waals surface area contributed by atoms with E-state index >= 15 is 0 Å². The molecule has 1 aromatic heterocycles. The predicted octanol–water partition coefficient (Wildman–Crippen LogP) is 2.96. The predicted molar refractivity (Wildman–Crippen MR) is 85.5 cm³/mol. The average Bonchev–Trinajstić information content (AvgIpc) is 2.86. The summed E-state index contributed by atoms with van der Waals surface area (Å²) in [5, 5.41) is 13.7. The third kappa shape index (κ3) is 4.22. The molecule has 0 aliphatic rings. The third-order valence-electron chi connectivity index (χ3n) is 3.65. The van der Waals surface area contributed by atoms with Crippen molar-refractivity contribution in [2.75, 3.05) is 6.61 Å². The molecule has 1 amide bonds. The van der Waals surface area contributed by atoms with Crippen molar-refractivity contribution >= 4 is 28.4 Å². The Morgan fingerprint density at radius 1 is 1.43 bits per heavy atom. The van der Waals surface area contributed by atoms with Gasteiger partial charge in [-0.1, -0.05) is 18.5 Å². The van der Waals surface area contributed by atoms with E-state index in [0.29, 0.717) is 24.4 Å². The standard InChI is InChI=1S/C16H21ClN2O2/c1-2-14(7-10-20)18-16(21)6-9-19-8-5-12-11-13(17)3-4-15(12)19/h3-5,8,11,14,20H,2,6-7,9-10H2,1H3,(H,18,21). The summed E-state index contributed by atoms with van der Waals surface area (Å²) in [5.74, 6) is 0.0195. The second-order valence-electron chi connectivity index (χ2n) is 5.15. The van der Waals surface area contributed by atoms with Crippen LogP contribution in [0.1, 0.15) is 26.2 Å². The fourth-order valence-corrected chi connectivity index (χ4v) is 2.60. The highest BCUT2D eigenvalue weighted by Crippen LogP contribution is 2.20. The molecule has 0 spiro atoms. The molecular formula is C16H21ClN2O2. The lowest BCUT2D eigenvalue weighted by Crippen LogP contribution is -2.35. The van der Waals surface area contributed by atoms with Crippen molar-refractivity contribution in [1.82, 2.24) is 9.88 Å². The minimum absolute atomic E-state index is 0.0195. The summed E-state index contributed by atoms with van der Waals surface area (Å²) in [5.41, 5.74) is 1.08. The van der Waals surface area contributed by atoms with Crippen LogP contribution in [-0.4, -0.2) is 28.2 Å². The Kier molecular flexibility index (Phi) is 5.65. The van der Waals surface area contributed by atoms with Crippen LogP contribution in [0.25, 0.3) is 10.9 Å². The molecule has 0 aliphatic carbocycles. The molecule has 4 nitrogen and oxygen atoms in total. The first-order valence-electron chi connectivity index (χ1n) is 7.28. The SMILES string of the molecule is CCC(CCO)NC(=O)CCn1ccc2cc(Cl)ccc21. The van der Waals surface area contributed by atoms with Crippen molar-refractivity contribution in [1.29, 1.82) is 0 Å². The first-order valence-corrected chi connectivity index (χ1v) is 7.66. The number of aliphatic hydroxyl groups is 1. The molecule has 2 rings (SSSR count). The fraction of sp³-hybridized carbons (Fsp3) is 0.438. The molecule has 2 N–H and O–H groups in total. The monoisotopic (exact) mass is 308 g/mol. The molecule has 1 unspecified atom stereocenters. The number of hydrogen-bond acceptors (Lipinski definition) is 2. The largest absolute Gasteiger partial charge is 0.396 e. The number of rotatable bonds is 7. The van der Waals surface area contributed by atoms with Crippen LogP contribution in [0, 0.1) is 0 Å². The van der Waals surface area contributed by atoms with Crippen LogP contribution in [-0.2, 0) is 11.3 Å². The van der Waals surface area contributed by atoms with Gasteiger partial charge in [0.2, 0.25) is 5.91 Å². The topological polar surface area (TPSA) is 54.3 Å². The highest BCUT2D eigenvalue weighted by atomic mass is 35.5. The summed E-state index contributed by atoms with van der Waals surface area (Å²) >= 11 is 5.96. The van der Waals surface area contributed by atoms with Gasteiger partial charge in [-0.3, -0.25) is 4.79 Å². The van der Waals surface area contributed by atoms with Gasteiger partial charge in [-0.2, -0.15) is 0 Å². The molecule has 0 saturated carbocycles.